The molecular formula is C20H24F2N2O4. The zero-order valence-electron chi connectivity index (χ0n) is 16.0. The van der Waals surface area contributed by atoms with E-state index in [0.717, 1.165) is 11.3 Å². The predicted molar refractivity (Wildman–Crippen MR) is 102 cm³/mol. The lowest BCUT2D eigenvalue weighted by molar-refractivity contribution is -0.121. The van der Waals surface area contributed by atoms with Gasteiger partial charge in [0.2, 0.25) is 5.91 Å². The van der Waals surface area contributed by atoms with Gasteiger partial charge >= 0.3 is 6.61 Å². The Hall–Kier alpha value is -3.03. The van der Waals surface area contributed by atoms with Crippen LogP contribution in [0.2, 0.25) is 0 Å². The zero-order valence-corrected chi connectivity index (χ0v) is 16.0. The highest BCUT2D eigenvalue weighted by Gasteiger charge is 2.15. The molecule has 0 fully saturated rings. The maximum Gasteiger partial charge on any atom is 0.387 e. The minimum atomic E-state index is -2.97. The van der Waals surface area contributed by atoms with Gasteiger partial charge in [-0.1, -0.05) is 12.1 Å². The van der Waals surface area contributed by atoms with Crippen molar-refractivity contribution in [1.82, 2.24) is 5.32 Å². The molecule has 1 atom stereocenters. The van der Waals surface area contributed by atoms with E-state index in [4.69, 9.17) is 9.47 Å². The Kier molecular flexibility index (Phi) is 7.86. The molecule has 2 aromatic rings. The minimum Gasteiger partial charge on any atom is -0.497 e. The van der Waals surface area contributed by atoms with E-state index >= 15 is 0 Å². The number of carbonyl (C=O) groups excluding carboxylic acids is 1. The third kappa shape index (κ3) is 6.29. The summed E-state index contributed by atoms with van der Waals surface area (Å²) in [7, 11) is 2.97. The van der Waals surface area contributed by atoms with Crippen molar-refractivity contribution in [3.63, 3.8) is 0 Å². The van der Waals surface area contributed by atoms with Crippen molar-refractivity contribution in [1.29, 1.82) is 0 Å². The Bertz CT molecular complexity index is 769. The molecule has 2 rings (SSSR count). The first-order valence-corrected chi connectivity index (χ1v) is 8.73. The molecule has 0 aliphatic carbocycles. The molecule has 1 unspecified atom stereocenters. The number of amides is 1. The lowest BCUT2D eigenvalue weighted by atomic mass is 10.1. The molecule has 0 aliphatic heterocycles. The summed E-state index contributed by atoms with van der Waals surface area (Å²) in [4.78, 5) is 12.3. The highest BCUT2D eigenvalue weighted by Crippen LogP contribution is 2.31. The number of methoxy groups -OCH3 is 2. The fourth-order valence-electron chi connectivity index (χ4n) is 2.55. The van der Waals surface area contributed by atoms with E-state index in [1.54, 1.807) is 20.1 Å². The van der Waals surface area contributed by atoms with Crippen LogP contribution >= 0.6 is 0 Å². The fourth-order valence-corrected chi connectivity index (χ4v) is 2.55. The van der Waals surface area contributed by atoms with Crippen LogP contribution in [-0.2, 0) is 11.2 Å². The smallest absolute Gasteiger partial charge is 0.387 e. The molecular weight excluding hydrogens is 370 g/mol. The first kappa shape index (κ1) is 21.3. The maximum absolute atomic E-state index is 12.5. The average molecular weight is 394 g/mol. The maximum atomic E-state index is 12.5. The van der Waals surface area contributed by atoms with Crippen molar-refractivity contribution < 1.29 is 27.8 Å². The number of ether oxygens (including phenoxy) is 3. The summed E-state index contributed by atoms with van der Waals surface area (Å²) in [5.74, 6) is 0.651. The normalized spacial score (nSPS) is 11.6. The second-order valence-corrected chi connectivity index (χ2v) is 6.00. The molecule has 0 saturated heterocycles. The third-order valence-corrected chi connectivity index (χ3v) is 4.03. The van der Waals surface area contributed by atoms with Crippen LogP contribution in [-0.4, -0.2) is 39.3 Å². The van der Waals surface area contributed by atoms with Crippen LogP contribution in [0.15, 0.2) is 42.5 Å². The largest absolute Gasteiger partial charge is 0.497 e. The second kappa shape index (κ2) is 10.3. The van der Waals surface area contributed by atoms with Crippen LogP contribution in [0.3, 0.4) is 0 Å². The van der Waals surface area contributed by atoms with E-state index in [1.807, 2.05) is 24.3 Å². The van der Waals surface area contributed by atoms with E-state index in [-0.39, 0.29) is 17.4 Å². The monoisotopic (exact) mass is 394 g/mol. The molecule has 0 radical (unpaired) electrons. The van der Waals surface area contributed by atoms with Gasteiger partial charge in [0, 0.05) is 18.3 Å². The van der Waals surface area contributed by atoms with Gasteiger partial charge in [-0.3, -0.25) is 4.79 Å². The molecule has 0 aromatic heterocycles. The van der Waals surface area contributed by atoms with E-state index in [1.165, 1.54) is 19.2 Å². The van der Waals surface area contributed by atoms with Gasteiger partial charge in [-0.05, 0) is 43.2 Å². The number of halogens is 2. The summed E-state index contributed by atoms with van der Waals surface area (Å²) < 4.78 is 39.6. The minimum absolute atomic E-state index is 0.102. The third-order valence-electron chi connectivity index (χ3n) is 4.03. The molecule has 2 N–H and O–H groups in total. The van der Waals surface area contributed by atoms with Crippen molar-refractivity contribution in [2.45, 2.75) is 26.0 Å². The lowest BCUT2D eigenvalue weighted by Gasteiger charge is -2.17. The Labute approximate surface area is 162 Å². The highest BCUT2D eigenvalue weighted by atomic mass is 19.3. The van der Waals surface area contributed by atoms with Gasteiger partial charge in [0.25, 0.3) is 0 Å². The summed E-state index contributed by atoms with van der Waals surface area (Å²) in [6, 6.07) is 11.5. The van der Waals surface area contributed by atoms with Crippen molar-refractivity contribution in [3.05, 3.63) is 48.0 Å². The van der Waals surface area contributed by atoms with Gasteiger partial charge in [0.05, 0.1) is 14.2 Å². The van der Waals surface area contributed by atoms with Gasteiger partial charge in [-0.15, -0.1) is 0 Å². The number of anilines is 1. The van der Waals surface area contributed by atoms with E-state index in [2.05, 4.69) is 15.4 Å². The van der Waals surface area contributed by atoms with Crippen molar-refractivity contribution in [2.75, 3.05) is 26.1 Å². The van der Waals surface area contributed by atoms with Gasteiger partial charge < -0.3 is 24.8 Å². The summed E-state index contributed by atoms with van der Waals surface area (Å²) in [5, 5.41) is 5.80. The second-order valence-electron chi connectivity index (χ2n) is 6.00. The van der Waals surface area contributed by atoms with Crippen LogP contribution in [0.5, 0.6) is 17.2 Å². The Morgan fingerprint density at radius 3 is 2.36 bits per heavy atom. The van der Waals surface area contributed by atoms with Gasteiger partial charge in [0.15, 0.2) is 11.5 Å². The van der Waals surface area contributed by atoms with Crippen LogP contribution in [0.1, 0.15) is 12.5 Å². The number of benzene rings is 2. The Morgan fingerprint density at radius 2 is 1.75 bits per heavy atom. The molecule has 28 heavy (non-hydrogen) atoms. The molecule has 0 saturated carbocycles. The Balaban J connectivity index is 1.87. The number of rotatable bonds is 10. The first-order valence-electron chi connectivity index (χ1n) is 8.73. The molecule has 0 spiro atoms. The van der Waals surface area contributed by atoms with Crippen molar-refractivity contribution in [3.8, 4) is 17.2 Å². The van der Waals surface area contributed by atoms with Gasteiger partial charge in [-0.2, -0.15) is 8.78 Å². The molecule has 0 aliphatic rings. The zero-order chi connectivity index (χ0) is 20.5. The van der Waals surface area contributed by atoms with E-state index < -0.39 is 12.7 Å². The SMILES string of the molecule is COc1ccc(CCNC(=O)C(C)Nc2ccc(OC)c(OC(F)F)c2)cc1. The fraction of sp³-hybridized carbons (Fsp3) is 0.350. The summed E-state index contributed by atoms with van der Waals surface area (Å²) in [6.07, 6.45) is 0.678. The molecule has 1 amide bonds. The molecule has 2 aromatic carbocycles. The lowest BCUT2D eigenvalue weighted by Crippen LogP contribution is -2.38. The standard InChI is InChI=1S/C20H24F2N2O4/c1-13(19(25)23-11-10-14-4-7-16(26-2)8-5-14)24-15-6-9-17(27-3)18(12-15)28-20(21)22/h4-9,12-13,20,24H,10-11H2,1-3H3,(H,23,25). The number of carbonyl (C=O) groups is 1. The molecule has 152 valence electrons. The van der Waals surface area contributed by atoms with Gasteiger partial charge in [0.1, 0.15) is 11.8 Å². The van der Waals surface area contributed by atoms with Crippen molar-refractivity contribution in [2.24, 2.45) is 0 Å². The predicted octanol–water partition coefficient (Wildman–Crippen LogP) is 3.46. The summed E-state index contributed by atoms with van der Waals surface area (Å²) in [6.45, 7) is -0.817. The van der Waals surface area contributed by atoms with Crippen molar-refractivity contribution >= 4 is 11.6 Å². The van der Waals surface area contributed by atoms with Gasteiger partial charge in [-0.25, -0.2) is 0 Å². The number of nitrogens with one attached hydrogen (secondary N) is 2. The quantitative estimate of drug-likeness (QED) is 0.646. The van der Waals surface area contributed by atoms with Crippen LogP contribution in [0.4, 0.5) is 14.5 Å². The van der Waals surface area contributed by atoms with Crippen LogP contribution in [0.25, 0.3) is 0 Å². The van der Waals surface area contributed by atoms with Crippen LogP contribution in [0, 0.1) is 0 Å². The first-order chi connectivity index (χ1) is 13.4. The Morgan fingerprint density at radius 1 is 1.04 bits per heavy atom. The number of hydrogen-bond donors (Lipinski definition) is 2. The molecule has 6 nitrogen and oxygen atoms in total. The highest BCUT2D eigenvalue weighted by molar-refractivity contribution is 5.84. The number of hydrogen-bond acceptors (Lipinski definition) is 5. The number of alkyl halides is 2. The average Bonchev–Trinajstić information content (AvgIpc) is 2.68. The van der Waals surface area contributed by atoms with E-state index in [9.17, 15) is 13.6 Å². The molecule has 8 heteroatoms. The summed E-state index contributed by atoms with van der Waals surface area (Å²) in [5.41, 5.74) is 1.54. The van der Waals surface area contributed by atoms with E-state index in [0.29, 0.717) is 18.7 Å². The molecule has 0 bridgehead atoms. The molecule has 0 heterocycles. The summed E-state index contributed by atoms with van der Waals surface area (Å²) >= 11 is 0. The topological polar surface area (TPSA) is 68.8 Å². The van der Waals surface area contributed by atoms with Crippen LogP contribution < -0.4 is 24.8 Å².